The summed E-state index contributed by atoms with van der Waals surface area (Å²) in [4.78, 5) is 10.0. The Hall–Kier alpha value is -1.68. The molecular formula is C12H16N2O2. The van der Waals surface area contributed by atoms with Gasteiger partial charge in [-0.15, -0.1) is 0 Å². The molecule has 4 nitrogen and oxygen atoms in total. The number of hydrogen-bond acceptors (Lipinski definition) is 3. The maximum atomic E-state index is 10.4. The fourth-order valence-electron chi connectivity index (χ4n) is 1.35. The fraction of sp³-hybridized carbons (Fsp3) is 0.333. The van der Waals surface area contributed by atoms with Crippen LogP contribution in [0, 0.1) is 10.1 Å². The summed E-state index contributed by atoms with van der Waals surface area (Å²) in [5.74, 6) is 0. The zero-order valence-corrected chi connectivity index (χ0v) is 9.51. The van der Waals surface area contributed by atoms with Crippen LogP contribution < -0.4 is 5.32 Å². The van der Waals surface area contributed by atoms with Crippen LogP contribution >= 0.6 is 0 Å². The van der Waals surface area contributed by atoms with Crippen molar-refractivity contribution in [2.75, 3.05) is 6.54 Å². The summed E-state index contributed by atoms with van der Waals surface area (Å²) in [6.45, 7) is 5.04. The molecule has 1 atom stereocenters. The van der Waals surface area contributed by atoms with Crippen molar-refractivity contribution in [1.82, 2.24) is 5.32 Å². The Balaban J connectivity index is 2.64. The molecule has 0 heterocycles. The molecule has 0 aromatic heterocycles. The van der Waals surface area contributed by atoms with E-state index in [-0.39, 0.29) is 5.69 Å². The van der Waals surface area contributed by atoms with Crippen molar-refractivity contribution in [3.05, 3.63) is 46.0 Å². The minimum atomic E-state index is -0.394. The highest BCUT2D eigenvalue weighted by Crippen LogP contribution is 2.12. The third-order valence-electron chi connectivity index (χ3n) is 2.21. The minimum absolute atomic E-state index is 0.122. The molecule has 16 heavy (non-hydrogen) atoms. The molecule has 0 radical (unpaired) electrons. The first-order valence-corrected chi connectivity index (χ1v) is 5.29. The second-order valence-corrected chi connectivity index (χ2v) is 3.55. The number of nitro groups is 1. The van der Waals surface area contributed by atoms with Crippen LogP contribution in [0.2, 0.25) is 0 Å². The standard InChI is InChI=1S/C12H16N2O2/c1-3-13-10(2)4-5-11-6-8-12(9-7-11)14(15)16/h4-10,13H,3H2,1-2H3/b5-4+. The van der Waals surface area contributed by atoms with Gasteiger partial charge in [-0.3, -0.25) is 10.1 Å². The van der Waals surface area contributed by atoms with E-state index in [2.05, 4.69) is 19.2 Å². The Bertz CT molecular complexity index is 371. The topological polar surface area (TPSA) is 55.2 Å². The SMILES string of the molecule is CCNC(C)/C=C/c1ccc([N+](=O)[O-])cc1. The van der Waals surface area contributed by atoms with E-state index in [0.29, 0.717) is 6.04 Å². The number of nitrogens with zero attached hydrogens (tertiary/aromatic N) is 1. The number of nitrogens with one attached hydrogen (secondary N) is 1. The molecule has 1 N–H and O–H groups in total. The first kappa shape index (κ1) is 12.4. The van der Waals surface area contributed by atoms with Crippen LogP contribution in [-0.4, -0.2) is 17.5 Å². The molecular weight excluding hydrogens is 204 g/mol. The van der Waals surface area contributed by atoms with Crippen LogP contribution in [-0.2, 0) is 0 Å². The molecule has 0 spiro atoms. The lowest BCUT2D eigenvalue weighted by Crippen LogP contribution is -2.22. The van der Waals surface area contributed by atoms with Crippen LogP contribution in [0.15, 0.2) is 30.3 Å². The number of benzene rings is 1. The van der Waals surface area contributed by atoms with Crippen molar-refractivity contribution in [3.63, 3.8) is 0 Å². The quantitative estimate of drug-likeness (QED) is 0.613. The Morgan fingerprint density at radius 2 is 2.06 bits per heavy atom. The van der Waals surface area contributed by atoms with Crippen molar-refractivity contribution >= 4 is 11.8 Å². The molecule has 1 unspecified atom stereocenters. The van der Waals surface area contributed by atoms with Crippen molar-refractivity contribution in [3.8, 4) is 0 Å². The second kappa shape index (κ2) is 6.02. The fourth-order valence-corrected chi connectivity index (χ4v) is 1.35. The molecule has 1 rings (SSSR count). The lowest BCUT2D eigenvalue weighted by molar-refractivity contribution is -0.384. The average molecular weight is 220 g/mol. The van der Waals surface area contributed by atoms with E-state index in [1.54, 1.807) is 12.1 Å². The molecule has 4 heteroatoms. The lowest BCUT2D eigenvalue weighted by atomic mass is 10.1. The number of hydrogen-bond donors (Lipinski definition) is 1. The van der Waals surface area contributed by atoms with Crippen molar-refractivity contribution < 1.29 is 4.92 Å². The summed E-state index contributed by atoms with van der Waals surface area (Å²) in [5, 5.41) is 13.7. The van der Waals surface area contributed by atoms with Gasteiger partial charge in [0, 0.05) is 18.2 Å². The predicted octanol–water partition coefficient (Wildman–Crippen LogP) is 2.61. The summed E-state index contributed by atoms with van der Waals surface area (Å²) >= 11 is 0. The largest absolute Gasteiger partial charge is 0.311 e. The van der Waals surface area contributed by atoms with Gasteiger partial charge in [0.2, 0.25) is 0 Å². The molecule has 0 fully saturated rings. The van der Waals surface area contributed by atoms with E-state index in [0.717, 1.165) is 12.1 Å². The second-order valence-electron chi connectivity index (χ2n) is 3.55. The van der Waals surface area contributed by atoms with E-state index >= 15 is 0 Å². The van der Waals surface area contributed by atoms with Crippen LogP contribution in [0.5, 0.6) is 0 Å². The third kappa shape index (κ3) is 3.82. The Morgan fingerprint density at radius 3 is 2.56 bits per heavy atom. The molecule has 1 aromatic rings. The van der Waals surface area contributed by atoms with Gasteiger partial charge in [0.15, 0.2) is 0 Å². The van der Waals surface area contributed by atoms with Gasteiger partial charge >= 0.3 is 0 Å². The van der Waals surface area contributed by atoms with Crippen molar-refractivity contribution in [2.24, 2.45) is 0 Å². The van der Waals surface area contributed by atoms with Crippen molar-refractivity contribution in [1.29, 1.82) is 0 Å². The van der Waals surface area contributed by atoms with Crippen LogP contribution in [0.1, 0.15) is 19.4 Å². The molecule has 0 aliphatic rings. The average Bonchev–Trinajstić information content (AvgIpc) is 2.27. The van der Waals surface area contributed by atoms with Gasteiger partial charge in [-0.05, 0) is 31.2 Å². The van der Waals surface area contributed by atoms with Gasteiger partial charge in [-0.25, -0.2) is 0 Å². The maximum absolute atomic E-state index is 10.4. The Kier molecular flexibility index (Phi) is 4.66. The van der Waals surface area contributed by atoms with E-state index in [1.807, 2.05) is 12.2 Å². The highest BCUT2D eigenvalue weighted by atomic mass is 16.6. The van der Waals surface area contributed by atoms with Crippen LogP contribution in [0.4, 0.5) is 5.69 Å². The van der Waals surface area contributed by atoms with Gasteiger partial charge in [-0.2, -0.15) is 0 Å². The summed E-state index contributed by atoms with van der Waals surface area (Å²) in [6, 6.07) is 6.82. The molecule has 0 amide bonds. The lowest BCUT2D eigenvalue weighted by Gasteiger charge is -2.05. The highest BCUT2D eigenvalue weighted by molar-refractivity contribution is 5.52. The zero-order valence-electron chi connectivity index (χ0n) is 9.51. The zero-order chi connectivity index (χ0) is 12.0. The summed E-state index contributed by atoms with van der Waals surface area (Å²) in [5.41, 5.74) is 1.09. The highest BCUT2D eigenvalue weighted by Gasteiger charge is 2.02. The number of rotatable bonds is 5. The third-order valence-corrected chi connectivity index (χ3v) is 2.21. The maximum Gasteiger partial charge on any atom is 0.269 e. The number of likely N-dealkylation sites (N-methyl/N-ethyl adjacent to an activating group) is 1. The summed E-state index contributed by atoms with van der Waals surface area (Å²) in [6.07, 6.45) is 3.99. The number of nitro benzene ring substituents is 1. The van der Waals surface area contributed by atoms with Gasteiger partial charge in [0.1, 0.15) is 0 Å². The van der Waals surface area contributed by atoms with Crippen molar-refractivity contribution in [2.45, 2.75) is 19.9 Å². The van der Waals surface area contributed by atoms with E-state index in [9.17, 15) is 10.1 Å². The summed E-state index contributed by atoms with van der Waals surface area (Å²) in [7, 11) is 0. The van der Waals surface area contributed by atoms with Gasteiger partial charge in [0.05, 0.1) is 4.92 Å². The van der Waals surface area contributed by atoms with Gasteiger partial charge in [-0.1, -0.05) is 19.1 Å². The summed E-state index contributed by atoms with van der Waals surface area (Å²) < 4.78 is 0. The molecule has 1 aromatic carbocycles. The monoisotopic (exact) mass is 220 g/mol. The Labute approximate surface area is 95.1 Å². The normalized spacial score (nSPS) is 12.9. The van der Waals surface area contributed by atoms with E-state index < -0.39 is 4.92 Å². The van der Waals surface area contributed by atoms with Crippen LogP contribution in [0.3, 0.4) is 0 Å². The van der Waals surface area contributed by atoms with Crippen LogP contribution in [0.25, 0.3) is 6.08 Å². The number of non-ortho nitro benzene ring substituents is 1. The molecule has 86 valence electrons. The predicted molar refractivity (Wildman–Crippen MR) is 65.3 cm³/mol. The first-order valence-electron chi connectivity index (χ1n) is 5.29. The Morgan fingerprint density at radius 1 is 1.44 bits per heavy atom. The van der Waals surface area contributed by atoms with Gasteiger partial charge in [0.25, 0.3) is 5.69 Å². The molecule has 0 saturated heterocycles. The van der Waals surface area contributed by atoms with E-state index in [4.69, 9.17) is 0 Å². The van der Waals surface area contributed by atoms with Gasteiger partial charge < -0.3 is 5.32 Å². The smallest absolute Gasteiger partial charge is 0.269 e. The molecule has 0 bridgehead atoms. The minimum Gasteiger partial charge on any atom is -0.311 e. The molecule has 0 saturated carbocycles. The van der Waals surface area contributed by atoms with E-state index in [1.165, 1.54) is 12.1 Å². The molecule has 0 aliphatic carbocycles. The first-order chi connectivity index (χ1) is 7.63. The molecule has 0 aliphatic heterocycles.